The van der Waals surface area contributed by atoms with E-state index in [4.69, 9.17) is 11.2 Å². The van der Waals surface area contributed by atoms with E-state index in [9.17, 15) is 0 Å². The van der Waals surface area contributed by atoms with Gasteiger partial charge in [0, 0.05) is 12.5 Å². The Kier molecular flexibility index (Phi) is 2.57. The van der Waals surface area contributed by atoms with Crippen molar-refractivity contribution >= 4 is 0 Å². The summed E-state index contributed by atoms with van der Waals surface area (Å²) in [5.74, 6) is 2.62. The van der Waals surface area contributed by atoms with Crippen molar-refractivity contribution in [2.45, 2.75) is 13.8 Å². The first-order valence-corrected chi connectivity index (χ1v) is 2.59. The highest BCUT2D eigenvalue weighted by molar-refractivity contribution is 5.00. The molecule has 0 aromatic heterocycles. The first kappa shape index (κ1) is 7.52. The van der Waals surface area contributed by atoms with E-state index in [1.54, 1.807) is 7.11 Å². The second-order valence-electron chi connectivity index (χ2n) is 2.46. The van der Waals surface area contributed by atoms with Gasteiger partial charge in [-0.25, -0.2) is 0 Å². The molecule has 1 heteroatoms. The molecule has 0 aromatic carbocycles. The molecule has 0 unspecified atom stereocenters. The van der Waals surface area contributed by atoms with Gasteiger partial charge in [-0.1, -0.05) is 5.92 Å². The monoisotopic (exact) mass is 112 g/mol. The Hall–Kier alpha value is -0.480. The molecule has 0 N–H and O–H groups in total. The van der Waals surface area contributed by atoms with E-state index in [1.165, 1.54) is 0 Å². The minimum Gasteiger partial charge on any atom is -0.383 e. The summed E-state index contributed by atoms with van der Waals surface area (Å²) < 4.78 is 4.86. The number of terminal acetylenes is 1. The third kappa shape index (κ3) is 2.65. The maximum Gasteiger partial charge on any atom is 0.0622 e. The molecule has 0 aliphatic heterocycles. The van der Waals surface area contributed by atoms with E-state index in [-0.39, 0.29) is 5.41 Å². The first-order valence-electron chi connectivity index (χ1n) is 2.59. The van der Waals surface area contributed by atoms with Crippen molar-refractivity contribution in [1.82, 2.24) is 0 Å². The summed E-state index contributed by atoms with van der Waals surface area (Å²) in [7, 11) is 1.65. The molecule has 0 spiro atoms. The standard InChI is InChI=1S/C7H12O/c1-5-7(2,3)6-8-4/h1H,6H2,2-4H3. The lowest BCUT2D eigenvalue weighted by molar-refractivity contribution is 0.138. The molecule has 0 bridgehead atoms. The highest BCUT2D eigenvalue weighted by Gasteiger charge is 2.11. The number of hydrogen-bond acceptors (Lipinski definition) is 1. The second kappa shape index (κ2) is 2.74. The second-order valence-corrected chi connectivity index (χ2v) is 2.46. The van der Waals surface area contributed by atoms with Crippen LogP contribution in [0.3, 0.4) is 0 Å². The molecule has 0 radical (unpaired) electrons. The summed E-state index contributed by atoms with van der Waals surface area (Å²) in [5.41, 5.74) is -0.102. The fourth-order valence-corrected chi connectivity index (χ4v) is 0.403. The zero-order valence-corrected chi connectivity index (χ0v) is 5.69. The molecule has 0 aromatic rings. The van der Waals surface area contributed by atoms with Crippen LogP contribution in [0.15, 0.2) is 0 Å². The largest absolute Gasteiger partial charge is 0.383 e. The minimum absolute atomic E-state index is 0.102. The summed E-state index contributed by atoms with van der Waals surface area (Å²) in [6.45, 7) is 4.57. The number of rotatable bonds is 2. The van der Waals surface area contributed by atoms with E-state index in [1.807, 2.05) is 13.8 Å². The Balaban J connectivity index is 3.59. The van der Waals surface area contributed by atoms with Crippen LogP contribution in [0.4, 0.5) is 0 Å². The van der Waals surface area contributed by atoms with Gasteiger partial charge in [0.15, 0.2) is 0 Å². The molecular weight excluding hydrogens is 100 g/mol. The van der Waals surface area contributed by atoms with Crippen LogP contribution in [0, 0.1) is 17.8 Å². The third-order valence-corrected chi connectivity index (χ3v) is 0.896. The number of ether oxygens (including phenoxy) is 1. The molecule has 0 fully saturated rings. The Morgan fingerprint density at radius 2 is 2.12 bits per heavy atom. The van der Waals surface area contributed by atoms with Gasteiger partial charge in [-0.15, -0.1) is 6.42 Å². The molecule has 0 amide bonds. The summed E-state index contributed by atoms with van der Waals surface area (Å²) in [6.07, 6.45) is 5.16. The molecule has 1 nitrogen and oxygen atoms in total. The lowest BCUT2D eigenvalue weighted by atomic mass is 9.97. The van der Waals surface area contributed by atoms with Gasteiger partial charge in [-0.05, 0) is 13.8 Å². The quantitative estimate of drug-likeness (QED) is 0.489. The van der Waals surface area contributed by atoms with Crippen LogP contribution < -0.4 is 0 Å². The number of methoxy groups -OCH3 is 1. The fraction of sp³-hybridized carbons (Fsp3) is 0.714. The van der Waals surface area contributed by atoms with Crippen LogP contribution in [0.5, 0.6) is 0 Å². The van der Waals surface area contributed by atoms with Gasteiger partial charge in [-0.2, -0.15) is 0 Å². The summed E-state index contributed by atoms with van der Waals surface area (Å²) in [4.78, 5) is 0. The number of hydrogen-bond donors (Lipinski definition) is 0. The van der Waals surface area contributed by atoms with Gasteiger partial charge in [0.2, 0.25) is 0 Å². The summed E-state index contributed by atoms with van der Waals surface area (Å²) in [5, 5.41) is 0. The lowest BCUT2D eigenvalue weighted by Crippen LogP contribution is -2.14. The van der Waals surface area contributed by atoms with E-state index < -0.39 is 0 Å². The Morgan fingerprint density at radius 1 is 1.62 bits per heavy atom. The van der Waals surface area contributed by atoms with Gasteiger partial charge >= 0.3 is 0 Å². The minimum atomic E-state index is -0.102. The van der Waals surface area contributed by atoms with Gasteiger partial charge in [-0.3, -0.25) is 0 Å². The molecule has 0 atom stereocenters. The van der Waals surface area contributed by atoms with Gasteiger partial charge in [0.05, 0.1) is 6.61 Å². The van der Waals surface area contributed by atoms with E-state index >= 15 is 0 Å². The molecule has 0 aliphatic rings. The molecule has 46 valence electrons. The Morgan fingerprint density at radius 3 is 2.25 bits per heavy atom. The predicted octanol–water partition coefficient (Wildman–Crippen LogP) is 1.29. The van der Waals surface area contributed by atoms with Crippen molar-refractivity contribution in [2.24, 2.45) is 5.41 Å². The highest BCUT2D eigenvalue weighted by Crippen LogP contribution is 2.11. The third-order valence-electron chi connectivity index (χ3n) is 0.896. The fourth-order valence-electron chi connectivity index (χ4n) is 0.403. The Bertz CT molecular complexity index is 97.4. The molecule has 0 heterocycles. The highest BCUT2D eigenvalue weighted by atomic mass is 16.5. The van der Waals surface area contributed by atoms with Crippen molar-refractivity contribution < 1.29 is 4.74 Å². The zero-order valence-electron chi connectivity index (χ0n) is 5.69. The van der Waals surface area contributed by atoms with Crippen LogP contribution in [-0.4, -0.2) is 13.7 Å². The van der Waals surface area contributed by atoms with E-state index in [0.29, 0.717) is 6.61 Å². The van der Waals surface area contributed by atoms with Crippen molar-refractivity contribution in [3.05, 3.63) is 0 Å². The molecule has 0 saturated carbocycles. The maximum absolute atomic E-state index is 5.16. The Labute approximate surface area is 51.0 Å². The normalized spacial score (nSPS) is 10.8. The van der Waals surface area contributed by atoms with Crippen molar-refractivity contribution in [3.8, 4) is 12.3 Å². The SMILES string of the molecule is C#CC(C)(C)COC. The van der Waals surface area contributed by atoms with Crippen LogP contribution in [0.25, 0.3) is 0 Å². The molecule has 0 saturated heterocycles. The summed E-state index contributed by atoms with van der Waals surface area (Å²) in [6, 6.07) is 0. The van der Waals surface area contributed by atoms with Gasteiger partial charge in [0.1, 0.15) is 0 Å². The van der Waals surface area contributed by atoms with Crippen LogP contribution in [0.2, 0.25) is 0 Å². The van der Waals surface area contributed by atoms with Crippen LogP contribution in [0.1, 0.15) is 13.8 Å². The van der Waals surface area contributed by atoms with E-state index in [2.05, 4.69) is 5.92 Å². The molecular formula is C7H12O. The lowest BCUT2D eigenvalue weighted by Gasteiger charge is -2.14. The average Bonchev–Trinajstić information content (AvgIpc) is 1.67. The first-order chi connectivity index (χ1) is 3.62. The van der Waals surface area contributed by atoms with Gasteiger partial charge < -0.3 is 4.74 Å². The van der Waals surface area contributed by atoms with Crippen molar-refractivity contribution in [2.75, 3.05) is 13.7 Å². The predicted molar refractivity (Wildman–Crippen MR) is 34.5 cm³/mol. The topological polar surface area (TPSA) is 9.23 Å². The molecule has 8 heavy (non-hydrogen) atoms. The van der Waals surface area contributed by atoms with Crippen molar-refractivity contribution in [3.63, 3.8) is 0 Å². The van der Waals surface area contributed by atoms with Crippen LogP contribution >= 0.6 is 0 Å². The summed E-state index contributed by atoms with van der Waals surface area (Å²) >= 11 is 0. The smallest absolute Gasteiger partial charge is 0.0622 e. The zero-order chi connectivity index (χ0) is 6.62. The van der Waals surface area contributed by atoms with Gasteiger partial charge in [0.25, 0.3) is 0 Å². The molecule has 0 aliphatic carbocycles. The maximum atomic E-state index is 5.16. The van der Waals surface area contributed by atoms with Crippen molar-refractivity contribution in [1.29, 1.82) is 0 Å². The van der Waals surface area contributed by atoms with Crippen LogP contribution in [-0.2, 0) is 4.74 Å². The van der Waals surface area contributed by atoms with E-state index in [0.717, 1.165) is 0 Å². The average molecular weight is 112 g/mol. The molecule has 0 rings (SSSR count).